The average molecular weight is 396 g/mol. The third-order valence-electron chi connectivity index (χ3n) is 4.41. The zero-order valence-corrected chi connectivity index (χ0v) is 17.2. The number of anilines is 2. The van der Waals surface area contributed by atoms with Gasteiger partial charge in [0, 0.05) is 35.3 Å². The van der Waals surface area contributed by atoms with Crippen molar-refractivity contribution >= 4 is 29.0 Å². The molecule has 0 fully saturated rings. The summed E-state index contributed by atoms with van der Waals surface area (Å²) in [6, 6.07) is 16.0. The van der Waals surface area contributed by atoms with Crippen LogP contribution in [0.2, 0.25) is 0 Å². The van der Waals surface area contributed by atoms with Gasteiger partial charge in [-0.05, 0) is 62.7 Å². The van der Waals surface area contributed by atoms with Gasteiger partial charge in [0.05, 0.1) is 0 Å². The molecule has 3 rings (SSSR count). The summed E-state index contributed by atoms with van der Waals surface area (Å²) in [6.45, 7) is 7.44. The van der Waals surface area contributed by atoms with E-state index in [1.165, 1.54) is 6.33 Å². The third-order valence-corrected chi connectivity index (χ3v) is 5.35. The van der Waals surface area contributed by atoms with E-state index in [0.29, 0.717) is 11.6 Å². The fourth-order valence-corrected chi connectivity index (χ4v) is 3.69. The number of hydrogen-bond donors (Lipinski definition) is 2. The zero-order chi connectivity index (χ0) is 19.9. The van der Waals surface area contributed by atoms with Crippen LogP contribution in [0.5, 0.6) is 0 Å². The maximum absolute atomic E-state index is 12.5. The second-order valence-electron chi connectivity index (χ2n) is 6.66. The number of amides is 1. The van der Waals surface area contributed by atoms with Crippen molar-refractivity contribution in [2.45, 2.75) is 37.7 Å². The van der Waals surface area contributed by atoms with E-state index in [1.807, 2.05) is 48.5 Å². The van der Waals surface area contributed by atoms with Crippen LogP contribution >= 0.6 is 11.8 Å². The Morgan fingerprint density at radius 3 is 2.43 bits per heavy atom. The number of carbonyl (C=O) groups is 1. The largest absolute Gasteiger partial charge is 0.369 e. The molecule has 1 aromatic heterocycles. The second kappa shape index (κ2) is 9.41. The van der Waals surface area contributed by atoms with Crippen LogP contribution in [-0.4, -0.2) is 33.7 Å². The van der Waals surface area contributed by atoms with Gasteiger partial charge in [-0.1, -0.05) is 23.9 Å². The van der Waals surface area contributed by atoms with Crippen molar-refractivity contribution in [2.24, 2.45) is 0 Å². The minimum absolute atomic E-state index is 0.113. The number of aromatic amines is 1. The van der Waals surface area contributed by atoms with Crippen molar-refractivity contribution in [3.05, 3.63) is 66.0 Å². The number of aromatic nitrogens is 3. The second-order valence-corrected chi connectivity index (χ2v) is 7.62. The molecule has 0 radical (unpaired) electrons. The van der Waals surface area contributed by atoms with Gasteiger partial charge >= 0.3 is 0 Å². The van der Waals surface area contributed by atoms with E-state index in [-0.39, 0.29) is 5.91 Å². The van der Waals surface area contributed by atoms with E-state index in [9.17, 15) is 4.79 Å². The van der Waals surface area contributed by atoms with Crippen molar-refractivity contribution in [1.82, 2.24) is 15.2 Å². The summed E-state index contributed by atoms with van der Waals surface area (Å²) >= 11 is 1.57. The lowest BCUT2D eigenvalue weighted by molar-refractivity contribution is 0.102. The summed E-state index contributed by atoms with van der Waals surface area (Å²) < 4.78 is 0. The molecule has 28 heavy (non-hydrogen) atoms. The molecule has 0 aliphatic carbocycles. The molecule has 0 aliphatic rings. The van der Waals surface area contributed by atoms with Gasteiger partial charge in [0.25, 0.3) is 5.91 Å². The average Bonchev–Trinajstić information content (AvgIpc) is 3.22. The summed E-state index contributed by atoms with van der Waals surface area (Å²) in [5.74, 6) is 0.654. The van der Waals surface area contributed by atoms with E-state index in [0.717, 1.165) is 34.4 Å². The monoisotopic (exact) mass is 395 g/mol. The summed E-state index contributed by atoms with van der Waals surface area (Å²) in [6.07, 6.45) is 1.49. The Bertz CT molecular complexity index is 876. The molecule has 0 atom stereocenters. The summed E-state index contributed by atoms with van der Waals surface area (Å²) in [7, 11) is 0. The highest BCUT2D eigenvalue weighted by atomic mass is 32.2. The van der Waals surface area contributed by atoms with Crippen molar-refractivity contribution in [1.29, 1.82) is 0 Å². The minimum Gasteiger partial charge on any atom is -0.369 e. The molecular formula is C21H25N5OS. The SMILES string of the molecule is CCN(c1ccc(NC(=O)c2ccc(CSc3ncn[nH]3)cc2)cc1)C(C)C. The maximum Gasteiger partial charge on any atom is 0.255 e. The molecule has 3 aromatic rings. The number of hydrogen-bond acceptors (Lipinski definition) is 5. The molecule has 0 saturated carbocycles. The first kappa shape index (κ1) is 19.9. The number of nitrogens with zero attached hydrogens (tertiary/aromatic N) is 3. The van der Waals surface area contributed by atoms with Crippen LogP contribution < -0.4 is 10.2 Å². The molecule has 2 aromatic carbocycles. The van der Waals surface area contributed by atoms with Crippen LogP contribution in [0.3, 0.4) is 0 Å². The van der Waals surface area contributed by atoms with Gasteiger partial charge < -0.3 is 10.2 Å². The Hall–Kier alpha value is -2.80. The fraction of sp³-hybridized carbons (Fsp3) is 0.286. The van der Waals surface area contributed by atoms with Crippen LogP contribution in [0.25, 0.3) is 0 Å². The van der Waals surface area contributed by atoms with E-state index in [4.69, 9.17) is 0 Å². The predicted molar refractivity (Wildman–Crippen MR) is 115 cm³/mol. The van der Waals surface area contributed by atoms with Gasteiger partial charge in [0.2, 0.25) is 0 Å². The van der Waals surface area contributed by atoms with E-state index < -0.39 is 0 Å². The van der Waals surface area contributed by atoms with Crippen LogP contribution in [0.1, 0.15) is 36.7 Å². The normalized spacial score (nSPS) is 10.9. The maximum atomic E-state index is 12.5. The van der Waals surface area contributed by atoms with Crippen LogP contribution in [0.4, 0.5) is 11.4 Å². The van der Waals surface area contributed by atoms with Crippen LogP contribution in [0.15, 0.2) is 60.0 Å². The molecule has 6 nitrogen and oxygen atoms in total. The highest BCUT2D eigenvalue weighted by Crippen LogP contribution is 2.21. The van der Waals surface area contributed by atoms with Crippen LogP contribution in [0, 0.1) is 0 Å². The zero-order valence-electron chi connectivity index (χ0n) is 16.3. The number of carbonyl (C=O) groups excluding carboxylic acids is 1. The fourth-order valence-electron chi connectivity index (χ4n) is 2.95. The van der Waals surface area contributed by atoms with E-state index in [2.05, 4.69) is 46.2 Å². The number of nitrogens with one attached hydrogen (secondary N) is 2. The number of benzene rings is 2. The summed E-state index contributed by atoms with van der Waals surface area (Å²) in [4.78, 5) is 18.9. The predicted octanol–water partition coefficient (Wildman–Crippen LogP) is 4.58. The van der Waals surface area contributed by atoms with Crippen molar-refractivity contribution in [2.75, 3.05) is 16.8 Å². The quantitative estimate of drug-likeness (QED) is 0.546. The lowest BCUT2D eigenvalue weighted by Gasteiger charge is -2.27. The van der Waals surface area contributed by atoms with E-state index in [1.54, 1.807) is 11.8 Å². The lowest BCUT2D eigenvalue weighted by Crippen LogP contribution is -2.30. The Balaban J connectivity index is 1.58. The highest BCUT2D eigenvalue weighted by Gasteiger charge is 2.10. The molecular weight excluding hydrogens is 370 g/mol. The lowest BCUT2D eigenvalue weighted by atomic mass is 10.1. The molecule has 0 aliphatic heterocycles. The first-order valence-corrected chi connectivity index (χ1v) is 10.3. The number of H-pyrrole nitrogens is 1. The molecule has 0 spiro atoms. The first-order chi connectivity index (χ1) is 13.6. The molecule has 146 valence electrons. The Morgan fingerprint density at radius 1 is 1.14 bits per heavy atom. The molecule has 0 bridgehead atoms. The molecule has 2 N–H and O–H groups in total. The molecule has 1 heterocycles. The van der Waals surface area contributed by atoms with Gasteiger partial charge in [-0.25, -0.2) is 4.98 Å². The topological polar surface area (TPSA) is 73.9 Å². The van der Waals surface area contributed by atoms with Gasteiger partial charge in [-0.15, -0.1) is 0 Å². The standard InChI is InChI=1S/C21H25N5OS/c1-4-26(15(2)3)19-11-9-18(10-12-19)24-20(27)17-7-5-16(6-8-17)13-28-21-22-14-23-25-21/h5-12,14-15H,4,13H2,1-3H3,(H,24,27)(H,22,23,25). The summed E-state index contributed by atoms with van der Waals surface area (Å²) in [5.41, 5.74) is 3.70. The smallest absolute Gasteiger partial charge is 0.255 e. The van der Waals surface area contributed by atoms with Crippen molar-refractivity contribution in [3.63, 3.8) is 0 Å². The van der Waals surface area contributed by atoms with Gasteiger partial charge in [-0.3, -0.25) is 9.89 Å². The Morgan fingerprint density at radius 2 is 1.86 bits per heavy atom. The highest BCUT2D eigenvalue weighted by molar-refractivity contribution is 7.98. The molecule has 0 unspecified atom stereocenters. The Kier molecular flexibility index (Phi) is 6.71. The van der Waals surface area contributed by atoms with Crippen molar-refractivity contribution < 1.29 is 4.79 Å². The number of thioether (sulfide) groups is 1. The van der Waals surface area contributed by atoms with Gasteiger partial charge in [0.1, 0.15) is 6.33 Å². The van der Waals surface area contributed by atoms with Gasteiger partial charge in [0.15, 0.2) is 5.16 Å². The van der Waals surface area contributed by atoms with Crippen molar-refractivity contribution in [3.8, 4) is 0 Å². The van der Waals surface area contributed by atoms with Gasteiger partial charge in [-0.2, -0.15) is 5.10 Å². The first-order valence-electron chi connectivity index (χ1n) is 9.32. The minimum atomic E-state index is -0.113. The molecule has 7 heteroatoms. The summed E-state index contributed by atoms with van der Waals surface area (Å²) in [5, 5.41) is 10.4. The number of rotatable bonds is 8. The Labute approximate surface area is 169 Å². The molecule has 0 saturated heterocycles. The van der Waals surface area contributed by atoms with Crippen LogP contribution in [-0.2, 0) is 5.75 Å². The molecule has 1 amide bonds. The third kappa shape index (κ3) is 5.13. The van der Waals surface area contributed by atoms with E-state index >= 15 is 0 Å².